The van der Waals surface area contributed by atoms with E-state index < -0.39 is 0 Å². The number of piperazine rings is 1. The molecule has 2 aromatic rings. The lowest BCUT2D eigenvalue weighted by Crippen LogP contribution is -2.49. The van der Waals surface area contributed by atoms with E-state index in [0.29, 0.717) is 44.6 Å². The highest BCUT2D eigenvalue weighted by molar-refractivity contribution is 5.94. The molecule has 1 saturated heterocycles. The Kier molecular flexibility index (Phi) is 6.34. The van der Waals surface area contributed by atoms with Crippen LogP contribution in [0.15, 0.2) is 30.3 Å². The highest BCUT2D eigenvalue weighted by atomic mass is 16.5. The van der Waals surface area contributed by atoms with Crippen LogP contribution >= 0.6 is 0 Å². The molecule has 1 fully saturated rings. The van der Waals surface area contributed by atoms with Crippen molar-refractivity contribution in [2.24, 2.45) is 0 Å². The van der Waals surface area contributed by atoms with Crippen LogP contribution in [0.25, 0.3) is 0 Å². The lowest BCUT2D eigenvalue weighted by Gasteiger charge is -2.35. The van der Waals surface area contributed by atoms with Crippen LogP contribution in [0.4, 0.5) is 11.6 Å². The zero-order valence-corrected chi connectivity index (χ0v) is 17.2. The highest BCUT2D eigenvalue weighted by Crippen LogP contribution is 2.19. The molecular weight excluding hydrogens is 354 g/mol. The van der Waals surface area contributed by atoms with Crippen molar-refractivity contribution in [2.75, 3.05) is 56.2 Å². The van der Waals surface area contributed by atoms with Gasteiger partial charge in [0, 0.05) is 62.8 Å². The SMILES string of the molecule is CCOc1cc(C)nc(N2CCN(C(=O)c3ccc(N(C)CC)cc3)CC2)n1. The number of nitrogens with zero attached hydrogens (tertiary/aromatic N) is 5. The molecule has 0 N–H and O–H groups in total. The second kappa shape index (κ2) is 8.91. The number of rotatable bonds is 6. The zero-order valence-electron chi connectivity index (χ0n) is 17.2. The number of benzene rings is 1. The molecule has 1 aliphatic heterocycles. The van der Waals surface area contributed by atoms with E-state index in [1.54, 1.807) is 0 Å². The standard InChI is InChI=1S/C21H29N5O2/c1-5-24(4)18-9-7-17(8-10-18)20(27)25-11-13-26(14-12-25)21-22-16(3)15-19(23-21)28-6-2/h7-10,15H,5-6,11-14H2,1-4H3. The van der Waals surface area contributed by atoms with Crippen LogP contribution in [-0.2, 0) is 0 Å². The van der Waals surface area contributed by atoms with E-state index in [2.05, 4.69) is 26.7 Å². The van der Waals surface area contributed by atoms with E-state index in [1.165, 1.54) is 0 Å². The summed E-state index contributed by atoms with van der Waals surface area (Å²) in [5.74, 6) is 1.34. The third kappa shape index (κ3) is 4.52. The summed E-state index contributed by atoms with van der Waals surface area (Å²) in [5.41, 5.74) is 2.72. The molecule has 1 amide bonds. The molecule has 7 heteroatoms. The van der Waals surface area contributed by atoms with Crippen molar-refractivity contribution in [2.45, 2.75) is 20.8 Å². The summed E-state index contributed by atoms with van der Waals surface area (Å²) in [7, 11) is 2.04. The van der Waals surface area contributed by atoms with Gasteiger partial charge in [0.2, 0.25) is 11.8 Å². The third-order valence-electron chi connectivity index (χ3n) is 4.99. The molecule has 0 bridgehead atoms. The van der Waals surface area contributed by atoms with Gasteiger partial charge in [0.05, 0.1) is 6.61 Å². The average Bonchev–Trinajstić information content (AvgIpc) is 2.72. The molecule has 1 aliphatic rings. The van der Waals surface area contributed by atoms with E-state index in [1.807, 2.05) is 56.1 Å². The van der Waals surface area contributed by atoms with Gasteiger partial charge in [0.15, 0.2) is 0 Å². The van der Waals surface area contributed by atoms with Crippen LogP contribution in [0.3, 0.4) is 0 Å². The van der Waals surface area contributed by atoms with Gasteiger partial charge in [-0.15, -0.1) is 0 Å². The van der Waals surface area contributed by atoms with Crippen LogP contribution in [0.1, 0.15) is 29.9 Å². The van der Waals surface area contributed by atoms with Crippen molar-refractivity contribution in [3.63, 3.8) is 0 Å². The molecule has 0 unspecified atom stereocenters. The van der Waals surface area contributed by atoms with Crippen LogP contribution < -0.4 is 14.5 Å². The van der Waals surface area contributed by atoms with Gasteiger partial charge < -0.3 is 19.4 Å². The van der Waals surface area contributed by atoms with Crippen LogP contribution in [0.2, 0.25) is 0 Å². The second-order valence-electron chi connectivity index (χ2n) is 6.92. The maximum absolute atomic E-state index is 12.8. The van der Waals surface area contributed by atoms with Gasteiger partial charge in [-0.25, -0.2) is 4.98 Å². The van der Waals surface area contributed by atoms with Crippen LogP contribution in [0, 0.1) is 6.92 Å². The highest BCUT2D eigenvalue weighted by Gasteiger charge is 2.24. The number of hydrogen-bond donors (Lipinski definition) is 0. The third-order valence-corrected chi connectivity index (χ3v) is 4.99. The Balaban J connectivity index is 1.63. The first-order valence-corrected chi connectivity index (χ1v) is 9.85. The van der Waals surface area contributed by atoms with Gasteiger partial charge in [-0.1, -0.05) is 0 Å². The molecule has 0 saturated carbocycles. The molecule has 2 heterocycles. The summed E-state index contributed by atoms with van der Waals surface area (Å²) in [4.78, 5) is 28.0. The van der Waals surface area contributed by atoms with Crippen LogP contribution in [0.5, 0.6) is 5.88 Å². The minimum Gasteiger partial charge on any atom is -0.478 e. The number of aromatic nitrogens is 2. The minimum atomic E-state index is 0.0746. The van der Waals surface area contributed by atoms with Crippen molar-refractivity contribution in [3.8, 4) is 5.88 Å². The minimum absolute atomic E-state index is 0.0746. The Morgan fingerprint density at radius 3 is 2.39 bits per heavy atom. The molecule has 0 spiro atoms. The van der Waals surface area contributed by atoms with E-state index >= 15 is 0 Å². The molecule has 7 nitrogen and oxygen atoms in total. The van der Waals surface area contributed by atoms with Gasteiger partial charge in [0.25, 0.3) is 5.91 Å². The van der Waals surface area contributed by atoms with E-state index in [9.17, 15) is 4.79 Å². The van der Waals surface area contributed by atoms with Crippen molar-refractivity contribution in [3.05, 3.63) is 41.6 Å². The number of carbonyl (C=O) groups is 1. The van der Waals surface area contributed by atoms with Gasteiger partial charge in [-0.05, 0) is 45.0 Å². The Bertz CT molecular complexity index is 801. The number of carbonyl (C=O) groups excluding carboxylic acids is 1. The van der Waals surface area contributed by atoms with Crippen molar-refractivity contribution >= 4 is 17.5 Å². The Morgan fingerprint density at radius 2 is 1.79 bits per heavy atom. The Labute approximate surface area is 166 Å². The molecule has 3 rings (SSSR count). The first-order valence-electron chi connectivity index (χ1n) is 9.85. The van der Waals surface area contributed by atoms with Gasteiger partial charge in [0.1, 0.15) is 0 Å². The molecule has 1 aromatic heterocycles. The number of amides is 1. The summed E-state index contributed by atoms with van der Waals surface area (Å²) >= 11 is 0. The smallest absolute Gasteiger partial charge is 0.253 e. The lowest BCUT2D eigenvalue weighted by atomic mass is 10.1. The maximum atomic E-state index is 12.8. The first-order chi connectivity index (χ1) is 13.5. The predicted octanol–water partition coefficient (Wildman–Crippen LogP) is 2.60. The van der Waals surface area contributed by atoms with E-state index in [-0.39, 0.29) is 5.91 Å². The van der Waals surface area contributed by atoms with Crippen molar-refractivity contribution < 1.29 is 9.53 Å². The van der Waals surface area contributed by atoms with Gasteiger partial charge in [-0.3, -0.25) is 4.79 Å². The molecule has 0 radical (unpaired) electrons. The fourth-order valence-electron chi connectivity index (χ4n) is 3.22. The van der Waals surface area contributed by atoms with Crippen molar-refractivity contribution in [1.29, 1.82) is 0 Å². The number of hydrogen-bond acceptors (Lipinski definition) is 6. The molecule has 1 aromatic carbocycles. The molecular formula is C21H29N5O2. The summed E-state index contributed by atoms with van der Waals surface area (Å²) in [5, 5.41) is 0. The first kappa shape index (κ1) is 19.9. The lowest BCUT2D eigenvalue weighted by molar-refractivity contribution is 0.0746. The largest absolute Gasteiger partial charge is 0.478 e. The topological polar surface area (TPSA) is 61.8 Å². The van der Waals surface area contributed by atoms with Crippen molar-refractivity contribution in [1.82, 2.24) is 14.9 Å². The quantitative estimate of drug-likeness (QED) is 0.764. The second-order valence-corrected chi connectivity index (χ2v) is 6.92. The Hall–Kier alpha value is -2.83. The van der Waals surface area contributed by atoms with E-state index in [0.717, 1.165) is 23.5 Å². The summed E-state index contributed by atoms with van der Waals surface area (Å²) in [6.07, 6.45) is 0. The van der Waals surface area contributed by atoms with Crippen LogP contribution in [-0.4, -0.2) is 67.2 Å². The number of ether oxygens (including phenoxy) is 1. The monoisotopic (exact) mass is 383 g/mol. The normalized spacial score (nSPS) is 14.1. The molecule has 28 heavy (non-hydrogen) atoms. The fourth-order valence-corrected chi connectivity index (χ4v) is 3.22. The summed E-state index contributed by atoms with van der Waals surface area (Å²) in [6, 6.07) is 9.67. The predicted molar refractivity (Wildman–Crippen MR) is 111 cm³/mol. The van der Waals surface area contributed by atoms with E-state index in [4.69, 9.17) is 4.74 Å². The summed E-state index contributed by atoms with van der Waals surface area (Å²) < 4.78 is 5.52. The van der Waals surface area contributed by atoms with Gasteiger partial charge >= 0.3 is 0 Å². The summed E-state index contributed by atoms with van der Waals surface area (Å²) in [6.45, 7) is 10.2. The Morgan fingerprint density at radius 1 is 1.11 bits per heavy atom. The number of anilines is 2. The average molecular weight is 383 g/mol. The fraction of sp³-hybridized carbons (Fsp3) is 0.476. The molecule has 150 valence electrons. The zero-order chi connectivity index (χ0) is 20.1. The maximum Gasteiger partial charge on any atom is 0.253 e. The molecule has 0 aliphatic carbocycles. The molecule has 0 atom stereocenters. The number of aryl methyl sites for hydroxylation is 1. The van der Waals surface area contributed by atoms with Gasteiger partial charge in [-0.2, -0.15) is 4.98 Å².